The third kappa shape index (κ3) is 2.18. The number of carbonyl (C=O) groups is 3. The molecule has 1 aliphatic heterocycles. The van der Waals surface area contributed by atoms with Crippen LogP contribution in [0.5, 0.6) is 0 Å². The second-order valence-corrected chi connectivity index (χ2v) is 14.9. The number of ketones is 2. The van der Waals surface area contributed by atoms with E-state index in [-0.39, 0.29) is 45.2 Å². The van der Waals surface area contributed by atoms with Crippen LogP contribution >= 0.6 is 0 Å². The fourth-order valence-electron chi connectivity index (χ4n) is 10.6. The van der Waals surface area contributed by atoms with Crippen molar-refractivity contribution in [2.24, 2.45) is 44.3 Å². The minimum Gasteiger partial charge on any atom is -0.449 e. The van der Waals surface area contributed by atoms with Gasteiger partial charge in [-0.1, -0.05) is 54.0 Å². The van der Waals surface area contributed by atoms with Gasteiger partial charge in [-0.25, -0.2) is 0 Å². The normalized spacial score (nSPS) is 52.6. The Kier molecular flexibility index (Phi) is 4.11. The third-order valence-corrected chi connectivity index (χ3v) is 12.9. The number of allylic oxidation sites excluding steroid dienone is 1. The molecule has 1 spiro atoms. The fourth-order valence-corrected chi connectivity index (χ4v) is 10.6. The van der Waals surface area contributed by atoms with Crippen molar-refractivity contribution in [2.75, 3.05) is 0 Å². The van der Waals surface area contributed by atoms with Crippen LogP contribution in [0.2, 0.25) is 0 Å². The minimum atomic E-state index is -1.04. The van der Waals surface area contributed by atoms with Crippen molar-refractivity contribution >= 4 is 17.5 Å². The number of esters is 1. The summed E-state index contributed by atoms with van der Waals surface area (Å²) in [6, 6.07) is 0. The summed E-state index contributed by atoms with van der Waals surface area (Å²) in [6.07, 6.45) is 9.70. The molecule has 4 nitrogen and oxygen atoms in total. The molecule has 7 atom stereocenters. The lowest BCUT2D eigenvalue weighted by molar-refractivity contribution is -0.209. The smallest absolute Gasteiger partial charge is 0.313 e. The zero-order chi connectivity index (χ0) is 24.7. The highest BCUT2D eigenvalue weighted by Crippen LogP contribution is 2.78. The summed E-state index contributed by atoms with van der Waals surface area (Å²) in [7, 11) is 0. The quantitative estimate of drug-likeness (QED) is 0.398. The molecule has 0 radical (unpaired) electrons. The molecule has 186 valence electrons. The molecule has 0 amide bonds. The molecule has 0 aromatic carbocycles. The SMILES string of the molecule is CC1(C)CCC23CC[C@]4(C)C(OC2=O)(C(=O)C=C2[C@@]5(C)CCC(=O)C(C)(C)[C@@H]5CC[C@]24C)[C@@H]3C1. The molecule has 1 heterocycles. The molecule has 0 aromatic heterocycles. The highest BCUT2D eigenvalue weighted by molar-refractivity contribution is 6.05. The van der Waals surface area contributed by atoms with Gasteiger partial charge in [0.25, 0.3) is 0 Å². The molecular formula is C30H42O4. The van der Waals surface area contributed by atoms with Gasteiger partial charge in [-0.2, -0.15) is 0 Å². The molecule has 2 unspecified atom stereocenters. The maximum absolute atomic E-state index is 14.4. The lowest BCUT2D eigenvalue weighted by Gasteiger charge is -2.69. The van der Waals surface area contributed by atoms with Crippen molar-refractivity contribution in [3.63, 3.8) is 0 Å². The van der Waals surface area contributed by atoms with Crippen LogP contribution < -0.4 is 0 Å². The molecule has 0 aromatic rings. The Bertz CT molecular complexity index is 1070. The maximum Gasteiger partial charge on any atom is 0.313 e. The van der Waals surface area contributed by atoms with E-state index in [0.717, 1.165) is 51.4 Å². The summed E-state index contributed by atoms with van der Waals surface area (Å²) >= 11 is 0. The van der Waals surface area contributed by atoms with Gasteiger partial charge in [0.2, 0.25) is 0 Å². The average Bonchev–Trinajstić information content (AvgIpc) is 2.93. The average molecular weight is 467 g/mol. The highest BCUT2D eigenvalue weighted by atomic mass is 16.6. The summed E-state index contributed by atoms with van der Waals surface area (Å²) < 4.78 is 6.48. The van der Waals surface area contributed by atoms with Crippen LogP contribution in [-0.2, 0) is 19.1 Å². The Balaban J connectivity index is 1.56. The first-order valence-corrected chi connectivity index (χ1v) is 13.6. The summed E-state index contributed by atoms with van der Waals surface area (Å²) in [6.45, 7) is 15.8. The zero-order valence-electron chi connectivity index (χ0n) is 22.2. The number of ether oxygens (including phenoxy) is 1. The molecule has 2 bridgehead atoms. The van der Waals surface area contributed by atoms with Crippen molar-refractivity contribution in [2.45, 2.75) is 112 Å². The van der Waals surface area contributed by atoms with Crippen LogP contribution in [-0.4, -0.2) is 23.1 Å². The Morgan fingerprint density at radius 1 is 0.824 bits per heavy atom. The van der Waals surface area contributed by atoms with E-state index in [2.05, 4.69) is 48.5 Å². The molecule has 5 aliphatic carbocycles. The molecular weight excluding hydrogens is 424 g/mol. The van der Waals surface area contributed by atoms with Crippen molar-refractivity contribution in [3.8, 4) is 0 Å². The van der Waals surface area contributed by atoms with Gasteiger partial charge in [0.15, 0.2) is 11.4 Å². The van der Waals surface area contributed by atoms with Crippen LogP contribution in [0.3, 0.4) is 0 Å². The Hall–Kier alpha value is -1.45. The Morgan fingerprint density at radius 2 is 1.50 bits per heavy atom. The first kappa shape index (κ1) is 23.0. The van der Waals surface area contributed by atoms with Gasteiger partial charge in [0.1, 0.15) is 5.78 Å². The zero-order valence-corrected chi connectivity index (χ0v) is 22.2. The number of rotatable bonds is 0. The fraction of sp³-hybridized carbons (Fsp3) is 0.833. The van der Waals surface area contributed by atoms with E-state index >= 15 is 0 Å². The van der Waals surface area contributed by atoms with Gasteiger partial charge in [0, 0.05) is 23.2 Å². The summed E-state index contributed by atoms with van der Waals surface area (Å²) in [4.78, 5) is 41.0. The van der Waals surface area contributed by atoms with E-state index in [4.69, 9.17) is 4.74 Å². The van der Waals surface area contributed by atoms with Crippen molar-refractivity contribution in [3.05, 3.63) is 11.6 Å². The lowest BCUT2D eigenvalue weighted by atomic mass is 9.33. The van der Waals surface area contributed by atoms with E-state index < -0.39 is 16.4 Å². The monoisotopic (exact) mass is 466 g/mol. The molecule has 34 heavy (non-hydrogen) atoms. The Morgan fingerprint density at radius 3 is 2.21 bits per heavy atom. The predicted molar refractivity (Wildman–Crippen MR) is 130 cm³/mol. The molecule has 4 heteroatoms. The van der Waals surface area contributed by atoms with Gasteiger partial charge in [-0.3, -0.25) is 14.4 Å². The van der Waals surface area contributed by atoms with E-state index in [9.17, 15) is 14.4 Å². The first-order chi connectivity index (χ1) is 15.6. The van der Waals surface area contributed by atoms with E-state index in [0.29, 0.717) is 12.2 Å². The largest absolute Gasteiger partial charge is 0.449 e. The molecule has 6 aliphatic rings. The van der Waals surface area contributed by atoms with Crippen LogP contribution in [0.25, 0.3) is 0 Å². The van der Waals surface area contributed by atoms with Gasteiger partial charge >= 0.3 is 5.97 Å². The summed E-state index contributed by atoms with van der Waals surface area (Å²) in [5.74, 6) is 0.507. The molecule has 6 rings (SSSR count). The van der Waals surface area contributed by atoms with Gasteiger partial charge in [-0.05, 0) is 79.6 Å². The Labute approximate surface area is 204 Å². The topological polar surface area (TPSA) is 60.4 Å². The second kappa shape index (κ2) is 6.09. The summed E-state index contributed by atoms with van der Waals surface area (Å²) in [5.41, 5.74) is -1.35. The maximum atomic E-state index is 14.4. The van der Waals surface area contributed by atoms with Crippen LogP contribution in [0, 0.1) is 44.3 Å². The summed E-state index contributed by atoms with van der Waals surface area (Å²) in [5, 5.41) is 0. The van der Waals surface area contributed by atoms with Crippen molar-refractivity contribution < 1.29 is 19.1 Å². The lowest BCUT2D eigenvalue weighted by Crippen LogP contribution is -2.71. The van der Waals surface area contributed by atoms with Gasteiger partial charge in [-0.15, -0.1) is 0 Å². The standard InChI is InChI=1S/C30H42O4/c1-24(2)12-14-29-15-13-28(7)27(6)11-8-18-25(3,4)21(31)9-10-26(18,5)19(27)16-22(32)30(28,20(29)17-24)34-23(29)33/h16,18,20H,8-15,17H2,1-7H3/t18-,20+,26-,27+,28-,29?,30?/m0/s1. The minimum absolute atomic E-state index is 0.0352. The number of hydrogen-bond donors (Lipinski definition) is 0. The van der Waals surface area contributed by atoms with E-state index in [1.807, 2.05) is 6.08 Å². The first-order valence-electron chi connectivity index (χ1n) is 13.6. The molecule has 0 N–H and O–H groups in total. The van der Waals surface area contributed by atoms with Gasteiger partial charge < -0.3 is 4.74 Å². The number of Topliss-reactive ketones (excluding diaryl/α,β-unsaturated/α-hetero) is 1. The van der Waals surface area contributed by atoms with Gasteiger partial charge in [0.05, 0.1) is 5.41 Å². The van der Waals surface area contributed by atoms with E-state index in [1.165, 1.54) is 5.57 Å². The predicted octanol–water partition coefficient (Wildman–Crippen LogP) is 6.22. The number of carbonyl (C=O) groups excluding carboxylic acids is 3. The van der Waals surface area contributed by atoms with Crippen LogP contribution in [0.15, 0.2) is 11.6 Å². The molecule has 4 saturated carbocycles. The van der Waals surface area contributed by atoms with Crippen LogP contribution in [0.1, 0.15) is 106 Å². The van der Waals surface area contributed by atoms with Crippen molar-refractivity contribution in [1.29, 1.82) is 0 Å². The molecule has 1 saturated heterocycles. The van der Waals surface area contributed by atoms with Crippen LogP contribution in [0.4, 0.5) is 0 Å². The third-order valence-electron chi connectivity index (χ3n) is 12.9. The number of hydrogen-bond acceptors (Lipinski definition) is 4. The highest BCUT2D eigenvalue weighted by Gasteiger charge is 2.82. The number of fused-ring (bicyclic) bond motifs is 4. The van der Waals surface area contributed by atoms with Crippen molar-refractivity contribution in [1.82, 2.24) is 0 Å². The van der Waals surface area contributed by atoms with E-state index in [1.54, 1.807) is 0 Å². The second-order valence-electron chi connectivity index (χ2n) is 14.9. The molecule has 5 fully saturated rings.